The number of para-hydroxylation sites is 2. The Kier molecular flexibility index (Phi) is 4.65. The monoisotopic (exact) mass is 494 g/mol. The zero-order chi connectivity index (χ0) is 26.0. The van der Waals surface area contributed by atoms with E-state index in [0.29, 0.717) is 33.3 Å². The minimum Gasteiger partial charge on any atom is -0.268 e. The van der Waals surface area contributed by atoms with Crippen molar-refractivity contribution in [3.8, 4) is 11.1 Å². The Hall–Kier alpha value is -5.36. The smallest absolute Gasteiger partial charge is 0.266 e. The summed E-state index contributed by atoms with van der Waals surface area (Å²) in [6, 6.07) is 31.6. The summed E-state index contributed by atoms with van der Waals surface area (Å²) in [6.45, 7) is 0. The van der Waals surface area contributed by atoms with Crippen LogP contribution in [0.3, 0.4) is 0 Å². The van der Waals surface area contributed by atoms with Gasteiger partial charge in [0.25, 0.3) is 23.6 Å². The van der Waals surface area contributed by atoms with Gasteiger partial charge < -0.3 is 0 Å². The van der Waals surface area contributed by atoms with Gasteiger partial charge in [0, 0.05) is 27.5 Å². The quantitative estimate of drug-likeness (QED) is 0.284. The second-order valence-corrected chi connectivity index (χ2v) is 9.19. The second kappa shape index (κ2) is 8.08. The van der Waals surface area contributed by atoms with E-state index >= 15 is 0 Å². The van der Waals surface area contributed by atoms with E-state index in [0.717, 1.165) is 15.4 Å². The molecule has 0 saturated heterocycles. The van der Waals surface area contributed by atoms with Crippen LogP contribution in [0.5, 0.6) is 0 Å². The lowest BCUT2D eigenvalue weighted by molar-refractivity contribution is 0.0873. The van der Waals surface area contributed by atoms with Crippen molar-refractivity contribution in [2.75, 3.05) is 9.80 Å². The molecule has 38 heavy (non-hydrogen) atoms. The van der Waals surface area contributed by atoms with Crippen molar-refractivity contribution in [3.63, 3.8) is 0 Å². The van der Waals surface area contributed by atoms with Gasteiger partial charge in [-0.2, -0.15) is 0 Å². The van der Waals surface area contributed by atoms with Crippen LogP contribution in [0.15, 0.2) is 109 Å². The van der Waals surface area contributed by atoms with Gasteiger partial charge in [-0.25, -0.2) is 9.80 Å². The summed E-state index contributed by atoms with van der Waals surface area (Å²) in [5, 5.41) is 0.684. The SMILES string of the molecule is O=C1c2ccc3c4c(c(-c5ccccc5)cc(c24)C(=O)N1c1ccccc1)C(=O)N(c1ccccc1)C3=O. The van der Waals surface area contributed by atoms with Gasteiger partial charge in [-0.15, -0.1) is 0 Å². The predicted molar refractivity (Wildman–Crippen MR) is 145 cm³/mol. The lowest BCUT2D eigenvalue weighted by Gasteiger charge is -2.33. The van der Waals surface area contributed by atoms with Crippen LogP contribution in [0.2, 0.25) is 0 Å². The number of carbonyl (C=O) groups excluding carboxylic acids is 4. The Balaban J connectivity index is 1.58. The molecule has 0 saturated carbocycles. The van der Waals surface area contributed by atoms with E-state index in [2.05, 4.69) is 0 Å². The Morgan fingerprint density at radius 3 is 1.39 bits per heavy atom. The molecule has 180 valence electrons. The standard InChI is InChI=1S/C32H18N2O4/c35-29-22-16-17-23-27-26(22)25(31(37)33(29)20-12-6-2-7-13-20)18-24(19-10-4-1-5-11-19)28(27)32(38)34(30(23)36)21-14-8-3-9-15-21/h1-18H. The second-order valence-electron chi connectivity index (χ2n) is 9.19. The molecular formula is C32H18N2O4. The van der Waals surface area contributed by atoms with Crippen molar-refractivity contribution in [3.05, 3.63) is 131 Å². The van der Waals surface area contributed by atoms with Gasteiger partial charge in [0.2, 0.25) is 0 Å². The molecule has 0 aliphatic carbocycles. The normalized spacial score (nSPS) is 14.4. The van der Waals surface area contributed by atoms with Crippen LogP contribution >= 0.6 is 0 Å². The fourth-order valence-electron chi connectivity index (χ4n) is 5.44. The highest BCUT2D eigenvalue weighted by atomic mass is 16.2. The third kappa shape index (κ3) is 2.94. The average Bonchev–Trinajstić information content (AvgIpc) is 2.96. The Bertz CT molecular complexity index is 1830. The molecule has 0 unspecified atom stereocenters. The Labute approximate surface area is 217 Å². The zero-order valence-electron chi connectivity index (χ0n) is 19.9. The number of rotatable bonds is 3. The van der Waals surface area contributed by atoms with Crippen molar-refractivity contribution in [1.29, 1.82) is 0 Å². The first kappa shape index (κ1) is 21.9. The number of imide groups is 2. The van der Waals surface area contributed by atoms with E-state index in [-0.39, 0.29) is 16.7 Å². The van der Waals surface area contributed by atoms with E-state index < -0.39 is 23.6 Å². The minimum absolute atomic E-state index is 0.273. The number of nitrogens with zero attached hydrogens (tertiary/aromatic N) is 2. The van der Waals surface area contributed by atoms with E-state index in [1.807, 2.05) is 42.5 Å². The number of anilines is 2. The molecular weight excluding hydrogens is 476 g/mol. The summed E-state index contributed by atoms with van der Waals surface area (Å²) in [7, 11) is 0. The van der Waals surface area contributed by atoms with Crippen molar-refractivity contribution < 1.29 is 19.2 Å². The third-order valence-electron chi connectivity index (χ3n) is 7.11. The van der Waals surface area contributed by atoms with Crippen molar-refractivity contribution in [2.24, 2.45) is 0 Å². The molecule has 6 nitrogen and oxygen atoms in total. The van der Waals surface area contributed by atoms with Gasteiger partial charge in [0.15, 0.2) is 0 Å². The van der Waals surface area contributed by atoms with Gasteiger partial charge in [0.1, 0.15) is 0 Å². The fraction of sp³-hybridized carbons (Fsp3) is 0. The molecule has 0 aromatic heterocycles. The first-order chi connectivity index (χ1) is 18.6. The molecule has 0 radical (unpaired) electrons. The predicted octanol–water partition coefficient (Wildman–Crippen LogP) is 6.11. The summed E-state index contributed by atoms with van der Waals surface area (Å²) < 4.78 is 0. The van der Waals surface area contributed by atoms with E-state index in [1.165, 1.54) is 0 Å². The molecule has 4 amide bonds. The number of hydrogen-bond donors (Lipinski definition) is 0. The van der Waals surface area contributed by atoms with Gasteiger partial charge in [-0.3, -0.25) is 19.2 Å². The first-order valence-corrected chi connectivity index (χ1v) is 12.1. The van der Waals surface area contributed by atoms with Crippen molar-refractivity contribution in [2.45, 2.75) is 0 Å². The van der Waals surface area contributed by atoms with Gasteiger partial charge in [0.05, 0.1) is 16.9 Å². The first-order valence-electron chi connectivity index (χ1n) is 12.1. The van der Waals surface area contributed by atoms with Crippen LogP contribution in [-0.4, -0.2) is 23.6 Å². The summed E-state index contributed by atoms with van der Waals surface area (Å²) >= 11 is 0. The molecule has 0 fully saturated rings. The lowest BCUT2D eigenvalue weighted by atomic mass is 9.81. The summed E-state index contributed by atoms with van der Waals surface area (Å²) in [4.78, 5) is 57.8. The summed E-state index contributed by atoms with van der Waals surface area (Å²) in [6.07, 6.45) is 0. The summed E-state index contributed by atoms with van der Waals surface area (Å²) in [5.74, 6) is -1.99. The zero-order valence-corrected chi connectivity index (χ0v) is 19.9. The molecule has 0 bridgehead atoms. The number of benzene rings is 5. The highest BCUT2D eigenvalue weighted by Crippen LogP contribution is 2.44. The van der Waals surface area contributed by atoms with Crippen LogP contribution in [0.25, 0.3) is 21.9 Å². The van der Waals surface area contributed by atoms with Crippen LogP contribution in [0.1, 0.15) is 41.4 Å². The Morgan fingerprint density at radius 2 is 0.842 bits per heavy atom. The molecule has 2 aliphatic heterocycles. The molecule has 0 atom stereocenters. The lowest BCUT2D eigenvalue weighted by Crippen LogP contribution is -2.43. The maximum absolute atomic E-state index is 14.1. The van der Waals surface area contributed by atoms with Gasteiger partial charge in [-0.05, 0) is 53.6 Å². The highest BCUT2D eigenvalue weighted by molar-refractivity contribution is 6.43. The number of amides is 4. The minimum atomic E-state index is -0.500. The maximum Gasteiger partial charge on any atom is 0.266 e. The Morgan fingerprint density at radius 1 is 0.395 bits per heavy atom. The van der Waals surface area contributed by atoms with Crippen molar-refractivity contribution >= 4 is 45.8 Å². The third-order valence-corrected chi connectivity index (χ3v) is 7.11. The average molecular weight is 495 g/mol. The largest absolute Gasteiger partial charge is 0.268 e. The van der Waals surface area contributed by atoms with Crippen LogP contribution in [0.4, 0.5) is 11.4 Å². The molecule has 0 spiro atoms. The van der Waals surface area contributed by atoms with E-state index in [4.69, 9.17) is 0 Å². The molecule has 0 N–H and O–H groups in total. The van der Waals surface area contributed by atoms with Crippen molar-refractivity contribution in [1.82, 2.24) is 0 Å². The molecule has 2 heterocycles. The van der Waals surface area contributed by atoms with E-state index in [9.17, 15) is 19.2 Å². The molecule has 5 aromatic carbocycles. The molecule has 5 aromatic rings. The molecule has 7 rings (SSSR count). The number of carbonyl (C=O) groups is 4. The molecule has 6 heteroatoms. The highest BCUT2D eigenvalue weighted by Gasteiger charge is 2.42. The van der Waals surface area contributed by atoms with Crippen LogP contribution in [0, 0.1) is 0 Å². The van der Waals surface area contributed by atoms with Crippen LogP contribution in [-0.2, 0) is 0 Å². The fourth-order valence-corrected chi connectivity index (χ4v) is 5.44. The van der Waals surface area contributed by atoms with Gasteiger partial charge >= 0.3 is 0 Å². The number of hydrogen-bond acceptors (Lipinski definition) is 4. The van der Waals surface area contributed by atoms with Gasteiger partial charge in [-0.1, -0.05) is 66.7 Å². The van der Waals surface area contributed by atoms with E-state index in [1.54, 1.807) is 66.7 Å². The maximum atomic E-state index is 14.1. The summed E-state index contributed by atoms with van der Waals surface area (Å²) in [5.41, 5.74) is 3.27. The topological polar surface area (TPSA) is 74.8 Å². The van der Waals surface area contributed by atoms with Crippen LogP contribution < -0.4 is 9.80 Å². The molecule has 2 aliphatic rings.